The van der Waals surface area contributed by atoms with Gasteiger partial charge in [0.15, 0.2) is 17.8 Å². The topological polar surface area (TPSA) is 106 Å². The molecule has 0 spiro atoms. The monoisotopic (exact) mass is 361 g/mol. The van der Waals surface area contributed by atoms with Crippen molar-refractivity contribution in [1.29, 1.82) is 0 Å². The summed E-state index contributed by atoms with van der Waals surface area (Å²) in [6, 6.07) is 9.46. The van der Waals surface area contributed by atoms with Crippen LogP contribution in [0.2, 0.25) is 0 Å². The third-order valence-corrected chi connectivity index (χ3v) is 3.70. The number of nitrogens with zero attached hydrogens (tertiary/aromatic N) is 1. The Morgan fingerprint density at radius 2 is 1.96 bits per heavy atom. The number of nitrogens with one attached hydrogen (secondary N) is 1. The fraction of sp³-hybridized carbons (Fsp3) is 0.235. The molecular formula is C17H17N2O7+. The van der Waals surface area contributed by atoms with Gasteiger partial charge in [-0.2, -0.15) is 0 Å². The predicted molar refractivity (Wildman–Crippen MR) is 88.9 cm³/mol. The lowest BCUT2D eigenvalue weighted by Gasteiger charge is -2.14. The molecule has 2 aromatic rings. The zero-order chi connectivity index (χ0) is 18.5. The van der Waals surface area contributed by atoms with E-state index in [1.165, 1.54) is 25.3 Å². The van der Waals surface area contributed by atoms with E-state index in [0.717, 1.165) is 5.56 Å². The third kappa shape index (κ3) is 3.73. The molecule has 0 saturated carbocycles. The second-order valence-corrected chi connectivity index (χ2v) is 5.30. The van der Waals surface area contributed by atoms with E-state index < -0.39 is 6.29 Å². The number of amides is 1. The molecule has 0 aliphatic carbocycles. The molecule has 1 heterocycles. The molecule has 0 aromatic heterocycles. The van der Waals surface area contributed by atoms with Gasteiger partial charge in [-0.15, -0.1) is 0 Å². The first-order chi connectivity index (χ1) is 12.6. The fourth-order valence-electron chi connectivity index (χ4n) is 2.51. The number of methoxy groups -OCH3 is 1. The zero-order valence-electron chi connectivity index (χ0n) is 13.9. The van der Waals surface area contributed by atoms with Crippen LogP contribution in [0.4, 0.5) is 11.4 Å². The molecule has 136 valence electrons. The van der Waals surface area contributed by atoms with Crippen LogP contribution in [0.15, 0.2) is 36.4 Å². The highest BCUT2D eigenvalue weighted by Crippen LogP contribution is 2.37. The first-order valence-corrected chi connectivity index (χ1v) is 7.71. The molecule has 1 fully saturated rings. The Hall–Kier alpha value is -3.17. The Balaban J connectivity index is 1.87. The molecule has 0 atom stereocenters. The Morgan fingerprint density at radius 3 is 2.62 bits per heavy atom. The minimum Gasteiger partial charge on any atom is -0.493 e. The first-order valence-electron chi connectivity index (χ1n) is 7.71. The number of rotatable bonds is 7. The number of carbonyl (C=O) groups excluding carboxylic acids is 1. The van der Waals surface area contributed by atoms with E-state index in [1.807, 2.05) is 0 Å². The Labute approximate surface area is 148 Å². The maximum Gasteiger partial charge on any atom is 0.343 e. The average molecular weight is 361 g/mol. The lowest BCUT2D eigenvalue weighted by molar-refractivity contribution is -0.729. The van der Waals surface area contributed by atoms with E-state index in [2.05, 4.69) is 5.32 Å². The number of benzene rings is 2. The van der Waals surface area contributed by atoms with Gasteiger partial charge in [-0.1, -0.05) is 0 Å². The molecule has 2 N–H and O–H groups in total. The summed E-state index contributed by atoms with van der Waals surface area (Å²) < 4.78 is 22.0. The molecule has 0 unspecified atom stereocenters. The molecule has 9 heteroatoms. The summed E-state index contributed by atoms with van der Waals surface area (Å²) in [4.78, 5) is 21.5. The summed E-state index contributed by atoms with van der Waals surface area (Å²) in [6.45, 7) is 1.06. The number of ether oxygens (including phenoxy) is 4. The Bertz CT molecular complexity index is 819. The predicted octanol–water partition coefficient (Wildman–Crippen LogP) is 2.90. The smallest absolute Gasteiger partial charge is 0.343 e. The molecule has 2 aromatic carbocycles. The van der Waals surface area contributed by atoms with Crippen LogP contribution in [0.25, 0.3) is 0 Å². The lowest BCUT2D eigenvalue weighted by atomic mass is 10.2. The molecule has 1 aliphatic heterocycles. The maximum absolute atomic E-state index is 11.3. The summed E-state index contributed by atoms with van der Waals surface area (Å²) in [6.07, 6.45) is -0.0423. The van der Waals surface area contributed by atoms with E-state index >= 15 is 0 Å². The molecule has 1 saturated heterocycles. The minimum atomic E-state index is -0.443. The quantitative estimate of drug-likeness (QED) is 0.577. The molecule has 1 aliphatic rings. The van der Waals surface area contributed by atoms with Gasteiger partial charge in [0.25, 0.3) is 4.92 Å². The number of hydrogen-bond donors (Lipinski definition) is 2. The second-order valence-electron chi connectivity index (χ2n) is 5.30. The third-order valence-electron chi connectivity index (χ3n) is 3.70. The van der Waals surface area contributed by atoms with Gasteiger partial charge in [0.2, 0.25) is 6.41 Å². The van der Waals surface area contributed by atoms with Gasteiger partial charge in [-0.3, -0.25) is 4.79 Å². The Kier molecular flexibility index (Phi) is 5.30. The Morgan fingerprint density at radius 1 is 1.19 bits per heavy atom. The van der Waals surface area contributed by atoms with Gasteiger partial charge < -0.3 is 24.3 Å². The van der Waals surface area contributed by atoms with E-state index in [4.69, 9.17) is 18.9 Å². The van der Waals surface area contributed by atoms with Gasteiger partial charge in [0, 0.05) is 5.56 Å². The maximum atomic E-state index is 11.3. The summed E-state index contributed by atoms with van der Waals surface area (Å²) in [5, 5.41) is 11.5. The SMILES string of the molecule is COc1cc(C2OCCO2)ccc1Oc1ccc(NC=O)c([N+](=O)O)c1. The zero-order valence-corrected chi connectivity index (χ0v) is 13.9. The molecule has 26 heavy (non-hydrogen) atoms. The summed E-state index contributed by atoms with van der Waals surface area (Å²) in [7, 11) is 1.50. The summed E-state index contributed by atoms with van der Waals surface area (Å²) >= 11 is 0. The van der Waals surface area contributed by atoms with E-state index in [-0.39, 0.29) is 22.0 Å². The van der Waals surface area contributed by atoms with Crippen LogP contribution in [-0.4, -0.2) is 36.9 Å². The van der Waals surface area contributed by atoms with Gasteiger partial charge in [-0.05, 0) is 30.3 Å². The molecule has 0 radical (unpaired) electrons. The van der Waals surface area contributed by atoms with Crippen LogP contribution < -0.4 is 14.8 Å². The highest BCUT2D eigenvalue weighted by molar-refractivity contribution is 5.78. The van der Waals surface area contributed by atoms with Crippen molar-refractivity contribution in [2.75, 3.05) is 25.6 Å². The van der Waals surface area contributed by atoms with Crippen LogP contribution in [0.5, 0.6) is 17.2 Å². The van der Waals surface area contributed by atoms with Crippen molar-refractivity contribution < 1.29 is 33.9 Å². The van der Waals surface area contributed by atoms with Crippen molar-refractivity contribution in [2.45, 2.75) is 6.29 Å². The highest BCUT2D eigenvalue weighted by Gasteiger charge is 2.22. The molecule has 0 bridgehead atoms. The fourth-order valence-corrected chi connectivity index (χ4v) is 2.51. The van der Waals surface area contributed by atoms with Crippen molar-refractivity contribution in [3.05, 3.63) is 46.9 Å². The van der Waals surface area contributed by atoms with E-state index in [0.29, 0.717) is 31.1 Å². The molecule has 1 amide bonds. The number of anilines is 1. The van der Waals surface area contributed by atoms with Crippen LogP contribution in [0.1, 0.15) is 11.9 Å². The number of carbonyl (C=O) groups is 1. The molecular weight excluding hydrogens is 344 g/mol. The van der Waals surface area contributed by atoms with Gasteiger partial charge in [-0.25, -0.2) is 5.21 Å². The van der Waals surface area contributed by atoms with Crippen LogP contribution in [0, 0.1) is 4.91 Å². The van der Waals surface area contributed by atoms with Crippen molar-refractivity contribution in [3.8, 4) is 17.2 Å². The summed E-state index contributed by atoms with van der Waals surface area (Å²) in [5.41, 5.74) is 0.764. The van der Waals surface area contributed by atoms with Crippen molar-refractivity contribution in [3.63, 3.8) is 0 Å². The van der Waals surface area contributed by atoms with Crippen molar-refractivity contribution >= 4 is 17.8 Å². The largest absolute Gasteiger partial charge is 0.493 e. The van der Waals surface area contributed by atoms with Crippen molar-refractivity contribution in [1.82, 2.24) is 0 Å². The average Bonchev–Trinajstić information content (AvgIpc) is 3.18. The van der Waals surface area contributed by atoms with Crippen LogP contribution in [-0.2, 0) is 14.3 Å². The van der Waals surface area contributed by atoms with Crippen LogP contribution in [0.3, 0.4) is 0 Å². The number of hydrogen-bond acceptors (Lipinski definition) is 6. The van der Waals surface area contributed by atoms with E-state index in [1.54, 1.807) is 18.2 Å². The van der Waals surface area contributed by atoms with Gasteiger partial charge >= 0.3 is 5.69 Å². The highest BCUT2D eigenvalue weighted by atomic mass is 16.7. The molecule has 9 nitrogen and oxygen atoms in total. The van der Waals surface area contributed by atoms with Gasteiger partial charge in [0.05, 0.1) is 31.3 Å². The lowest BCUT2D eigenvalue weighted by Crippen LogP contribution is -2.02. The first kappa shape index (κ1) is 17.6. The minimum absolute atomic E-state index is 0.141. The second kappa shape index (κ2) is 7.81. The standard InChI is InChI=1S/C17H16N2O7/c1-23-16-8-11(17-24-6-7-25-17)2-5-15(16)26-12-3-4-13(18-10-20)14(9-12)19(21)22/h2-5,8-10,17H,6-7H2,1H3,(H-,18,20,21,22)/p+1. The molecule has 3 rings (SSSR count). The van der Waals surface area contributed by atoms with Crippen molar-refractivity contribution in [2.24, 2.45) is 0 Å². The van der Waals surface area contributed by atoms with Gasteiger partial charge in [0.1, 0.15) is 11.4 Å². The van der Waals surface area contributed by atoms with Crippen LogP contribution >= 0.6 is 0 Å². The normalized spacial score (nSPS) is 14.0. The van der Waals surface area contributed by atoms with E-state index in [9.17, 15) is 14.9 Å². The summed E-state index contributed by atoms with van der Waals surface area (Å²) in [5.74, 6) is 1.11.